The first-order valence-electron chi connectivity index (χ1n) is 6.32. The molecule has 0 heterocycles. The highest BCUT2D eigenvalue weighted by atomic mass is 35.5. The van der Waals surface area contributed by atoms with E-state index in [1.165, 1.54) is 0 Å². The van der Waals surface area contributed by atoms with E-state index in [0.717, 1.165) is 5.69 Å². The van der Waals surface area contributed by atoms with E-state index in [2.05, 4.69) is 23.3 Å². The molecule has 2 rings (SSSR count). The Bertz CT molecular complexity index is 736. The Morgan fingerprint density at radius 3 is 2.18 bits per heavy atom. The van der Waals surface area contributed by atoms with Crippen LogP contribution in [-0.2, 0) is 4.79 Å². The van der Waals surface area contributed by atoms with Crippen LogP contribution in [0.1, 0.15) is 0 Å². The largest absolute Gasteiger partial charge is 0.349 e. The number of carbonyl (C=O) groups excluding carboxylic acids is 1. The molecule has 0 radical (unpaired) electrons. The van der Waals surface area contributed by atoms with Gasteiger partial charge in [0.25, 0.3) is 5.91 Å². The molecule has 6 heteroatoms. The number of hydrogen-bond donors (Lipinski definition) is 3. The predicted molar refractivity (Wildman–Crippen MR) is 91.8 cm³/mol. The van der Waals surface area contributed by atoms with E-state index >= 15 is 0 Å². The van der Waals surface area contributed by atoms with Gasteiger partial charge in [0.05, 0.1) is 5.03 Å². The third kappa shape index (κ3) is 4.29. The summed E-state index contributed by atoms with van der Waals surface area (Å²) in [7, 11) is 0. The number of carbonyl (C=O) groups is 1. The van der Waals surface area contributed by atoms with Crippen LogP contribution in [0.25, 0.3) is 0 Å². The fourth-order valence-electron chi connectivity index (χ4n) is 1.66. The van der Waals surface area contributed by atoms with Crippen LogP contribution in [0, 0.1) is 11.3 Å². The van der Waals surface area contributed by atoms with E-state index in [1.807, 2.05) is 36.4 Å². The number of amides is 1. The molecule has 0 atom stereocenters. The smallest absolute Gasteiger partial charge is 0.269 e. The maximum atomic E-state index is 12.1. The zero-order chi connectivity index (χ0) is 15.9. The minimum Gasteiger partial charge on any atom is -0.349 e. The lowest BCUT2D eigenvalue weighted by molar-refractivity contribution is -0.112. The number of benzene rings is 2. The highest BCUT2D eigenvalue weighted by Crippen LogP contribution is 2.18. The number of nitrogens with one attached hydrogen (secondary N) is 2. The van der Waals surface area contributed by atoms with Crippen molar-refractivity contribution in [2.24, 2.45) is 0 Å². The van der Waals surface area contributed by atoms with Gasteiger partial charge < -0.3 is 10.6 Å². The van der Waals surface area contributed by atoms with Crippen LogP contribution in [0.15, 0.2) is 65.2 Å². The molecule has 0 aliphatic carbocycles. The SMILES string of the molecule is N#C/C(C(=O)Nc1ccc(Cl)cc1)=C(\S)Nc1ccccc1. The van der Waals surface area contributed by atoms with Gasteiger partial charge in [0.1, 0.15) is 11.6 Å². The Labute approximate surface area is 138 Å². The van der Waals surface area contributed by atoms with E-state index in [1.54, 1.807) is 24.3 Å². The number of para-hydroxylation sites is 1. The van der Waals surface area contributed by atoms with Gasteiger partial charge in [-0.2, -0.15) is 5.26 Å². The van der Waals surface area contributed by atoms with Crippen molar-refractivity contribution in [3.63, 3.8) is 0 Å². The standard InChI is InChI=1S/C16H12ClN3OS/c17-11-6-8-13(9-7-11)19-15(21)14(10-18)16(22)20-12-4-2-1-3-5-12/h1-9,20,22H,(H,19,21)/b16-14+. The first-order chi connectivity index (χ1) is 10.6. The zero-order valence-electron chi connectivity index (χ0n) is 11.4. The second-order valence-corrected chi connectivity index (χ2v) is 5.17. The molecule has 0 aromatic heterocycles. The number of halogens is 1. The van der Waals surface area contributed by atoms with Crippen LogP contribution in [0.2, 0.25) is 5.02 Å². The van der Waals surface area contributed by atoms with Gasteiger partial charge in [-0.1, -0.05) is 29.8 Å². The van der Waals surface area contributed by atoms with E-state index in [4.69, 9.17) is 11.6 Å². The van der Waals surface area contributed by atoms with Gasteiger partial charge in [0.2, 0.25) is 0 Å². The molecule has 0 saturated heterocycles. The van der Waals surface area contributed by atoms with Crippen LogP contribution >= 0.6 is 24.2 Å². The topological polar surface area (TPSA) is 64.9 Å². The van der Waals surface area contributed by atoms with Gasteiger partial charge in [-0.15, -0.1) is 12.6 Å². The number of rotatable bonds is 4. The summed E-state index contributed by atoms with van der Waals surface area (Å²) in [5.41, 5.74) is 1.17. The summed E-state index contributed by atoms with van der Waals surface area (Å²) < 4.78 is 0. The van der Waals surface area contributed by atoms with Gasteiger partial charge in [0, 0.05) is 16.4 Å². The molecule has 2 aromatic carbocycles. The van der Waals surface area contributed by atoms with Crippen molar-refractivity contribution in [3.05, 3.63) is 70.2 Å². The van der Waals surface area contributed by atoms with Gasteiger partial charge in [-0.25, -0.2) is 0 Å². The summed E-state index contributed by atoms with van der Waals surface area (Å²) in [5, 5.41) is 15.5. The van der Waals surface area contributed by atoms with Crippen molar-refractivity contribution >= 4 is 41.5 Å². The molecule has 0 fully saturated rings. The number of nitrogens with zero attached hydrogens (tertiary/aromatic N) is 1. The molecule has 2 aromatic rings. The number of hydrogen-bond acceptors (Lipinski definition) is 4. The predicted octanol–water partition coefficient (Wildman–Crippen LogP) is 4.06. The normalized spacial score (nSPS) is 11.1. The molecule has 0 aliphatic heterocycles. The molecular formula is C16H12ClN3OS. The second-order valence-electron chi connectivity index (χ2n) is 4.29. The summed E-state index contributed by atoms with van der Waals surface area (Å²) in [4.78, 5) is 12.1. The van der Waals surface area contributed by atoms with Crippen LogP contribution in [0.5, 0.6) is 0 Å². The van der Waals surface area contributed by atoms with Gasteiger partial charge in [0.15, 0.2) is 0 Å². The summed E-state index contributed by atoms with van der Waals surface area (Å²) in [6.45, 7) is 0. The fraction of sp³-hybridized carbons (Fsp3) is 0. The minimum atomic E-state index is -0.543. The summed E-state index contributed by atoms with van der Waals surface area (Å²) in [6, 6.07) is 17.6. The maximum absolute atomic E-state index is 12.1. The molecule has 110 valence electrons. The average Bonchev–Trinajstić information content (AvgIpc) is 2.51. The van der Waals surface area contributed by atoms with E-state index < -0.39 is 5.91 Å². The third-order valence-corrected chi connectivity index (χ3v) is 3.30. The van der Waals surface area contributed by atoms with Crippen molar-refractivity contribution in [3.8, 4) is 6.07 Å². The highest BCUT2D eigenvalue weighted by molar-refractivity contribution is 7.84. The lowest BCUT2D eigenvalue weighted by atomic mass is 10.2. The quantitative estimate of drug-likeness (QED) is 0.450. The molecule has 0 spiro atoms. The van der Waals surface area contributed by atoms with Gasteiger partial charge in [-0.05, 0) is 36.4 Å². The number of nitriles is 1. The number of thiol groups is 1. The molecule has 0 saturated carbocycles. The third-order valence-electron chi connectivity index (χ3n) is 2.71. The summed E-state index contributed by atoms with van der Waals surface area (Å²) in [5.74, 6) is -0.543. The first-order valence-corrected chi connectivity index (χ1v) is 7.15. The molecular weight excluding hydrogens is 318 g/mol. The van der Waals surface area contributed by atoms with Crippen LogP contribution in [0.3, 0.4) is 0 Å². The van der Waals surface area contributed by atoms with Gasteiger partial charge >= 0.3 is 0 Å². The lowest BCUT2D eigenvalue weighted by Gasteiger charge is -2.09. The molecule has 0 bridgehead atoms. The Morgan fingerprint density at radius 2 is 1.59 bits per heavy atom. The lowest BCUT2D eigenvalue weighted by Crippen LogP contribution is -2.16. The van der Waals surface area contributed by atoms with Crippen molar-refractivity contribution in [2.45, 2.75) is 0 Å². The Kier molecular flexibility index (Phi) is 5.48. The minimum absolute atomic E-state index is 0.109. The van der Waals surface area contributed by atoms with Crippen LogP contribution < -0.4 is 10.6 Å². The Balaban J connectivity index is 2.15. The average molecular weight is 330 g/mol. The van der Waals surface area contributed by atoms with E-state index in [0.29, 0.717) is 10.7 Å². The summed E-state index contributed by atoms with van der Waals surface area (Å²) >= 11 is 9.98. The van der Waals surface area contributed by atoms with E-state index in [9.17, 15) is 10.1 Å². The molecule has 1 amide bonds. The monoisotopic (exact) mass is 329 g/mol. The van der Waals surface area contributed by atoms with Crippen LogP contribution in [0.4, 0.5) is 11.4 Å². The Morgan fingerprint density at radius 1 is 1.00 bits per heavy atom. The summed E-state index contributed by atoms with van der Waals surface area (Å²) in [6.07, 6.45) is 0. The maximum Gasteiger partial charge on any atom is 0.269 e. The van der Waals surface area contributed by atoms with Crippen molar-refractivity contribution in [1.29, 1.82) is 5.26 Å². The van der Waals surface area contributed by atoms with Crippen molar-refractivity contribution < 1.29 is 4.79 Å². The molecule has 4 nitrogen and oxygen atoms in total. The van der Waals surface area contributed by atoms with E-state index in [-0.39, 0.29) is 10.6 Å². The molecule has 22 heavy (non-hydrogen) atoms. The van der Waals surface area contributed by atoms with Gasteiger partial charge in [-0.3, -0.25) is 4.79 Å². The fourth-order valence-corrected chi connectivity index (χ4v) is 2.07. The second kappa shape index (κ2) is 7.55. The zero-order valence-corrected chi connectivity index (χ0v) is 13.0. The highest BCUT2D eigenvalue weighted by Gasteiger charge is 2.14. The molecule has 0 aliphatic rings. The van der Waals surface area contributed by atoms with Crippen molar-refractivity contribution in [1.82, 2.24) is 0 Å². The molecule has 0 unspecified atom stereocenters. The van der Waals surface area contributed by atoms with Crippen molar-refractivity contribution in [2.75, 3.05) is 10.6 Å². The first kappa shape index (κ1) is 16.0. The number of anilines is 2. The van der Waals surface area contributed by atoms with Crippen LogP contribution in [-0.4, -0.2) is 5.91 Å². The molecule has 2 N–H and O–H groups in total. The Hall–Kier alpha value is -2.42.